The molecule has 3 aromatic rings. The van der Waals surface area contributed by atoms with Crippen molar-refractivity contribution in [1.82, 2.24) is 24.7 Å². The minimum Gasteiger partial charge on any atom is -0.367 e. The fourth-order valence-corrected chi connectivity index (χ4v) is 3.55. The van der Waals surface area contributed by atoms with Crippen molar-refractivity contribution in [2.45, 2.75) is 11.9 Å². The van der Waals surface area contributed by atoms with Crippen LogP contribution in [0.1, 0.15) is 11.1 Å². The molecule has 0 fully saturated rings. The van der Waals surface area contributed by atoms with Gasteiger partial charge < -0.3 is 5.32 Å². The van der Waals surface area contributed by atoms with Crippen LogP contribution in [0.25, 0.3) is 5.82 Å². The van der Waals surface area contributed by atoms with Gasteiger partial charge in [-0.15, -0.1) is 10.2 Å². The molecule has 1 aromatic carbocycles. The SMILES string of the molecule is O=S(=O)(Cc1ccc(C(F)(F)F)cc1)NCCNc1ccc(-n2cccn2)nn1. The van der Waals surface area contributed by atoms with Crippen LogP contribution < -0.4 is 10.0 Å². The van der Waals surface area contributed by atoms with E-state index < -0.39 is 27.5 Å². The average Bonchev–Trinajstić information content (AvgIpc) is 3.20. The van der Waals surface area contributed by atoms with Crippen LogP contribution in [0.4, 0.5) is 19.0 Å². The van der Waals surface area contributed by atoms with Crippen molar-refractivity contribution in [1.29, 1.82) is 0 Å². The number of halogens is 3. The van der Waals surface area contributed by atoms with E-state index in [1.807, 2.05) is 0 Å². The van der Waals surface area contributed by atoms with Gasteiger partial charge in [-0.1, -0.05) is 12.1 Å². The van der Waals surface area contributed by atoms with Gasteiger partial charge in [-0.05, 0) is 35.9 Å². The Balaban J connectivity index is 1.46. The van der Waals surface area contributed by atoms with Gasteiger partial charge in [0.25, 0.3) is 0 Å². The fourth-order valence-electron chi connectivity index (χ4n) is 2.40. The number of alkyl halides is 3. The summed E-state index contributed by atoms with van der Waals surface area (Å²) in [7, 11) is -3.69. The lowest BCUT2D eigenvalue weighted by Gasteiger charge is -2.10. The lowest BCUT2D eigenvalue weighted by molar-refractivity contribution is -0.137. The van der Waals surface area contributed by atoms with Crippen LogP contribution >= 0.6 is 0 Å². The summed E-state index contributed by atoms with van der Waals surface area (Å²) in [5.74, 6) is 0.587. The van der Waals surface area contributed by atoms with Crippen LogP contribution in [0.5, 0.6) is 0 Å². The summed E-state index contributed by atoms with van der Waals surface area (Å²) in [5.41, 5.74) is -0.561. The van der Waals surface area contributed by atoms with E-state index in [9.17, 15) is 21.6 Å². The molecule has 0 saturated carbocycles. The maximum absolute atomic E-state index is 12.5. The smallest absolute Gasteiger partial charge is 0.367 e. The highest BCUT2D eigenvalue weighted by molar-refractivity contribution is 7.88. The van der Waals surface area contributed by atoms with E-state index >= 15 is 0 Å². The molecule has 0 aliphatic rings. The molecule has 29 heavy (non-hydrogen) atoms. The second kappa shape index (κ2) is 8.57. The van der Waals surface area contributed by atoms with E-state index in [0.717, 1.165) is 24.3 Å². The van der Waals surface area contributed by atoms with E-state index in [1.165, 1.54) is 0 Å². The zero-order valence-electron chi connectivity index (χ0n) is 15.0. The topological polar surface area (TPSA) is 102 Å². The molecule has 3 rings (SSSR count). The highest BCUT2D eigenvalue weighted by Crippen LogP contribution is 2.29. The van der Waals surface area contributed by atoms with Gasteiger partial charge >= 0.3 is 6.18 Å². The Bertz CT molecular complexity index is 1020. The summed E-state index contributed by atoms with van der Waals surface area (Å²) >= 11 is 0. The van der Waals surface area contributed by atoms with E-state index in [2.05, 4.69) is 25.3 Å². The number of hydrogen-bond acceptors (Lipinski definition) is 6. The molecular weight excluding hydrogens is 409 g/mol. The highest BCUT2D eigenvalue weighted by Gasteiger charge is 2.30. The number of nitrogens with one attached hydrogen (secondary N) is 2. The molecule has 0 bridgehead atoms. The first-order valence-electron chi connectivity index (χ1n) is 8.44. The van der Waals surface area contributed by atoms with Crippen LogP contribution in [0.2, 0.25) is 0 Å². The molecule has 0 amide bonds. The molecule has 2 aromatic heterocycles. The maximum atomic E-state index is 12.5. The fraction of sp³-hybridized carbons (Fsp3) is 0.235. The van der Waals surface area contributed by atoms with Crippen molar-refractivity contribution in [2.24, 2.45) is 0 Å². The van der Waals surface area contributed by atoms with Gasteiger partial charge in [0.05, 0.1) is 11.3 Å². The van der Waals surface area contributed by atoms with Crippen molar-refractivity contribution in [2.75, 3.05) is 18.4 Å². The molecule has 0 saturated heterocycles. The number of benzene rings is 1. The highest BCUT2D eigenvalue weighted by atomic mass is 32.2. The van der Waals surface area contributed by atoms with Gasteiger partial charge in [0.2, 0.25) is 10.0 Å². The van der Waals surface area contributed by atoms with E-state index in [-0.39, 0.29) is 18.7 Å². The summed E-state index contributed by atoms with van der Waals surface area (Å²) in [6.45, 7) is 0.327. The zero-order valence-corrected chi connectivity index (χ0v) is 15.8. The molecule has 8 nitrogen and oxygen atoms in total. The summed E-state index contributed by atoms with van der Waals surface area (Å²) < 4.78 is 65.7. The number of aromatic nitrogens is 4. The van der Waals surface area contributed by atoms with Crippen molar-refractivity contribution < 1.29 is 21.6 Å². The molecule has 0 atom stereocenters. The van der Waals surface area contributed by atoms with Crippen LogP contribution in [0.15, 0.2) is 54.9 Å². The van der Waals surface area contributed by atoms with E-state index in [4.69, 9.17) is 0 Å². The molecule has 154 valence electrons. The van der Waals surface area contributed by atoms with Gasteiger partial charge in [0.15, 0.2) is 5.82 Å². The van der Waals surface area contributed by atoms with Crippen LogP contribution in [0.3, 0.4) is 0 Å². The third-order valence-corrected chi connectivity index (χ3v) is 5.14. The molecular formula is C17H17F3N6O2S. The summed E-state index contributed by atoms with van der Waals surface area (Å²) in [6, 6.07) is 9.16. The van der Waals surface area contributed by atoms with Gasteiger partial charge in [0.1, 0.15) is 5.82 Å². The maximum Gasteiger partial charge on any atom is 0.416 e. The van der Waals surface area contributed by atoms with Crippen molar-refractivity contribution in [3.8, 4) is 5.82 Å². The van der Waals surface area contributed by atoms with Crippen molar-refractivity contribution in [3.63, 3.8) is 0 Å². The first-order chi connectivity index (χ1) is 13.7. The van der Waals surface area contributed by atoms with Gasteiger partial charge in [-0.2, -0.15) is 18.3 Å². The van der Waals surface area contributed by atoms with E-state index in [0.29, 0.717) is 11.6 Å². The van der Waals surface area contributed by atoms with Gasteiger partial charge in [-0.3, -0.25) is 0 Å². The quantitative estimate of drug-likeness (QED) is 0.536. The Morgan fingerprint density at radius 1 is 1.00 bits per heavy atom. The Morgan fingerprint density at radius 3 is 2.34 bits per heavy atom. The van der Waals surface area contributed by atoms with E-state index in [1.54, 1.807) is 35.3 Å². The second-order valence-electron chi connectivity index (χ2n) is 6.00. The van der Waals surface area contributed by atoms with Gasteiger partial charge in [0, 0.05) is 25.5 Å². The summed E-state index contributed by atoms with van der Waals surface area (Å²) in [4.78, 5) is 0. The van der Waals surface area contributed by atoms with Crippen molar-refractivity contribution in [3.05, 3.63) is 66.0 Å². The Labute approximate surface area is 164 Å². The first kappa shape index (κ1) is 20.7. The van der Waals surface area contributed by atoms with Crippen LogP contribution in [-0.2, 0) is 22.0 Å². The third kappa shape index (κ3) is 5.99. The van der Waals surface area contributed by atoms with Crippen molar-refractivity contribution >= 4 is 15.8 Å². The standard InChI is InChI=1S/C17H17F3N6O2S/c18-17(19,20)14-4-2-13(3-5-14)12-29(27,28)23-10-9-21-15-6-7-16(25-24-15)26-11-1-8-22-26/h1-8,11,23H,9-10,12H2,(H,21,24). The normalized spacial score (nSPS) is 12.1. The largest absolute Gasteiger partial charge is 0.416 e. The number of nitrogens with zero attached hydrogens (tertiary/aromatic N) is 4. The Hall–Kier alpha value is -2.99. The predicted molar refractivity (Wildman–Crippen MR) is 99.7 cm³/mol. The molecule has 0 unspecified atom stereocenters. The summed E-state index contributed by atoms with van der Waals surface area (Å²) in [5, 5.41) is 14.9. The predicted octanol–water partition coefficient (Wildman–Crippen LogP) is 2.21. The number of hydrogen-bond donors (Lipinski definition) is 2. The van der Waals surface area contributed by atoms with Gasteiger partial charge in [-0.25, -0.2) is 17.8 Å². The summed E-state index contributed by atoms with van der Waals surface area (Å²) in [6.07, 6.45) is -1.12. The number of rotatable bonds is 8. The van der Waals surface area contributed by atoms with Crippen LogP contribution in [-0.4, -0.2) is 41.5 Å². The molecule has 2 heterocycles. The monoisotopic (exact) mass is 426 g/mol. The average molecular weight is 426 g/mol. The molecule has 2 N–H and O–H groups in total. The molecule has 0 aliphatic carbocycles. The first-order valence-corrected chi connectivity index (χ1v) is 10.1. The number of sulfonamides is 1. The molecule has 0 spiro atoms. The Kier molecular flexibility index (Phi) is 6.13. The molecule has 0 radical (unpaired) electrons. The van der Waals surface area contributed by atoms with Crippen LogP contribution in [0, 0.1) is 0 Å². The second-order valence-corrected chi connectivity index (χ2v) is 7.81. The number of anilines is 1. The zero-order chi connectivity index (χ0) is 20.9. The minimum absolute atomic E-state index is 0.0750. The lowest BCUT2D eigenvalue weighted by atomic mass is 10.1. The Morgan fingerprint density at radius 2 is 1.76 bits per heavy atom. The molecule has 0 aliphatic heterocycles. The third-order valence-electron chi connectivity index (χ3n) is 3.78. The minimum atomic E-state index is -4.46. The molecule has 12 heteroatoms. The lowest BCUT2D eigenvalue weighted by Crippen LogP contribution is -2.30.